The summed E-state index contributed by atoms with van der Waals surface area (Å²) >= 11 is 0. The molecule has 1 fully saturated rings. The summed E-state index contributed by atoms with van der Waals surface area (Å²) in [5.74, 6) is 0.940. The van der Waals surface area contributed by atoms with E-state index in [2.05, 4.69) is 36.9 Å². The highest BCUT2D eigenvalue weighted by Crippen LogP contribution is 2.27. The molecule has 1 aliphatic heterocycles. The predicted octanol–water partition coefficient (Wildman–Crippen LogP) is 3.08. The zero-order valence-corrected chi connectivity index (χ0v) is 11.1. The third-order valence-electron chi connectivity index (χ3n) is 4.03. The molecule has 0 aliphatic carbocycles. The molecule has 2 nitrogen and oxygen atoms in total. The monoisotopic (exact) mass is 232 g/mol. The molecule has 0 spiro atoms. The average Bonchev–Trinajstić information content (AvgIpc) is 2.39. The Labute approximate surface area is 105 Å². The number of anilines is 1. The van der Waals surface area contributed by atoms with E-state index in [0.717, 1.165) is 5.92 Å². The molecule has 1 aromatic rings. The van der Waals surface area contributed by atoms with Gasteiger partial charge in [-0.05, 0) is 42.9 Å². The lowest BCUT2D eigenvalue weighted by Gasteiger charge is -2.34. The highest BCUT2D eigenvalue weighted by atomic mass is 15.1. The van der Waals surface area contributed by atoms with Crippen LogP contribution in [0.25, 0.3) is 0 Å². The van der Waals surface area contributed by atoms with Gasteiger partial charge in [-0.1, -0.05) is 25.5 Å². The maximum absolute atomic E-state index is 5.67. The SMILES string of the molecule is CCC1CCN(c2ccc(CN)cc2C)CC1. The van der Waals surface area contributed by atoms with Gasteiger partial charge in [-0.3, -0.25) is 0 Å². The van der Waals surface area contributed by atoms with Gasteiger partial charge in [0, 0.05) is 25.3 Å². The van der Waals surface area contributed by atoms with E-state index in [1.807, 2.05) is 0 Å². The van der Waals surface area contributed by atoms with Crippen molar-refractivity contribution in [3.8, 4) is 0 Å². The topological polar surface area (TPSA) is 29.3 Å². The molecule has 0 amide bonds. The molecule has 0 aromatic heterocycles. The Morgan fingerprint density at radius 3 is 2.53 bits per heavy atom. The summed E-state index contributed by atoms with van der Waals surface area (Å²) in [4.78, 5) is 2.53. The second kappa shape index (κ2) is 5.54. The molecule has 1 saturated heterocycles. The first-order chi connectivity index (χ1) is 8.24. The Morgan fingerprint density at radius 2 is 2.00 bits per heavy atom. The molecule has 2 rings (SSSR count). The smallest absolute Gasteiger partial charge is 0.0396 e. The van der Waals surface area contributed by atoms with Gasteiger partial charge in [0.25, 0.3) is 0 Å². The fraction of sp³-hybridized carbons (Fsp3) is 0.600. The van der Waals surface area contributed by atoms with Crippen LogP contribution in [0.5, 0.6) is 0 Å². The summed E-state index contributed by atoms with van der Waals surface area (Å²) < 4.78 is 0. The number of piperidine rings is 1. The lowest BCUT2D eigenvalue weighted by atomic mass is 9.93. The molecule has 1 heterocycles. The van der Waals surface area contributed by atoms with E-state index in [4.69, 9.17) is 5.73 Å². The first kappa shape index (κ1) is 12.4. The molecule has 0 saturated carbocycles. The number of nitrogens with zero attached hydrogens (tertiary/aromatic N) is 1. The Hall–Kier alpha value is -1.02. The molecule has 2 N–H and O–H groups in total. The Balaban J connectivity index is 2.08. The second-order valence-corrected chi connectivity index (χ2v) is 5.16. The summed E-state index contributed by atoms with van der Waals surface area (Å²) in [6.45, 7) is 7.56. The maximum Gasteiger partial charge on any atom is 0.0396 e. The van der Waals surface area contributed by atoms with E-state index in [9.17, 15) is 0 Å². The van der Waals surface area contributed by atoms with Crippen molar-refractivity contribution in [1.82, 2.24) is 0 Å². The lowest BCUT2D eigenvalue weighted by Crippen LogP contribution is -2.33. The average molecular weight is 232 g/mol. The van der Waals surface area contributed by atoms with Crippen molar-refractivity contribution in [2.24, 2.45) is 11.7 Å². The van der Waals surface area contributed by atoms with Crippen LogP contribution in [0.4, 0.5) is 5.69 Å². The van der Waals surface area contributed by atoms with Crippen molar-refractivity contribution in [3.05, 3.63) is 29.3 Å². The molecule has 0 radical (unpaired) electrons. The number of aryl methyl sites for hydroxylation is 1. The van der Waals surface area contributed by atoms with Crippen molar-refractivity contribution in [2.75, 3.05) is 18.0 Å². The van der Waals surface area contributed by atoms with E-state index in [1.165, 1.54) is 49.2 Å². The summed E-state index contributed by atoms with van der Waals surface area (Å²) in [5, 5.41) is 0. The van der Waals surface area contributed by atoms with Gasteiger partial charge in [0.05, 0.1) is 0 Å². The molecule has 94 valence electrons. The van der Waals surface area contributed by atoms with Crippen LogP contribution in [0.2, 0.25) is 0 Å². The van der Waals surface area contributed by atoms with Crippen LogP contribution < -0.4 is 10.6 Å². The van der Waals surface area contributed by atoms with Crippen LogP contribution in [-0.4, -0.2) is 13.1 Å². The fourth-order valence-electron chi connectivity index (χ4n) is 2.78. The zero-order valence-electron chi connectivity index (χ0n) is 11.1. The Morgan fingerprint density at radius 1 is 1.29 bits per heavy atom. The zero-order chi connectivity index (χ0) is 12.3. The van der Waals surface area contributed by atoms with Gasteiger partial charge in [-0.15, -0.1) is 0 Å². The molecular weight excluding hydrogens is 208 g/mol. The van der Waals surface area contributed by atoms with E-state index >= 15 is 0 Å². The summed E-state index contributed by atoms with van der Waals surface area (Å²) in [6, 6.07) is 6.62. The second-order valence-electron chi connectivity index (χ2n) is 5.16. The molecule has 17 heavy (non-hydrogen) atoms. The maximum atomic E-state index is 5.67. The van der Waals surface area contributed by atoms with Crippen molar-refractivity contribution in [3.63, 3.8) is 0 Å². The van der Waals surface area contributed by atoms with Crippen LogP contribution in [0, 0.1) is 12.8 Å². The van der Waals surface area contributed by atoms with Gasteiger partial charge in [-0.25, -0.2) is 0 Å². The number of nitrogens with two attached hydrogens (primary N) is 1. The highest BCUT2D eigenvalue weighted by molar-refractivity contribution is 5.54. The first-order valence-electron chi connectivity index (χ1n) is 6.79. The number of rotatable bonds is 3. The predicted molar refractivity (Wildman–Crippen MR) is 74.3 cm³/mol. The largest absolute Gasteiger partial charge is 0.371 e. The van der Waals surface area contributed by atoms with Gasteiger partial charge in [0.15, 0.2) is 0 Å². The van der Waals surface area contributed by atoms with Crippen molar-refractivity contribution in [1.29, 1.82) is 0 Å². The Bertz CT molecular complexity index is 365. The summed E-state index contributed by atoms with van der Waals surface area (Å²) in [5.41, 5.74) is 9.66. The highest BCUT2D eigenvalue weighted by Gasteiger charge is 2.18. The molecule has 0 unspecified atom stereocenters. The molecule has 2 heteroatoms. The van der Waals surface area contributed by atoms with Crippen molar-refractivity contribution < 1.29 is 0 Å². The van der Waals surface area contributed by atoms with Gasteiger partial charge in [0.1, 0.15) is 0 Å². The van der Waals surface area contributed by atoms with Crippen LogP contribution in [-0.2, 0) is 6.54 Å². The first-order valence-corrected chi connectivity index (χ1v) is 6.79. The van der Waals surface area contributed by atoms with Gasteiger partial charge in [-0.2, -0.15) is 0 Å². The summed E-state index contributed by atoms with van der Waals surface area (Å²) in [7, 11) is 0. The van der Waals surface area contributed by atoms with Crippen LogP contribution >= 0.6 is 0 Å². The van der Waals surface area contributed by atoms with Gasteiger partial charge < -0.3 is 10.6 Å². The third-order valence-corrected chi connectivity index (χ3v) is 4.03. The van der Waals surface area contributed by atoms with Crippen molar-refractivity contribution >= 4 is 5.69 Å². The molecular formula is C15H24N2. The molecule has 1 aliphatic rings. The normalized spacial score (nSPS) is 17.5. The molecule has 0 bridgehead atoms. The van der Waals surface area contributed by atoms with Crippen molar-refractivity contribution in [2.45, 2.75) is 39.7 Å². The fourth-order valence-corrected chi connectivity index (χ4v) is 2.78. The lowest BCUT2D eigenvalue weighted by molar-refractivity contribution is 0.395. The Kier molecular flexibility index (Phi) is 4.06. The molecule has 1 aromatic carbocycles. The van der Waals surface area contributed by atoms with Crippen LogP contribution in [0.1, 0.15) is 37.3 Å². The molecule has 0 atom stereocenters. The summed E-state index contributed by atoms with van der Waals surface area (Å²) in [6.07, 6.45) is 4.02. The van der Waals surface area contributed by atoms with Crippen LogP contribution in [0.3, 0.4) is 0 Å². The standard InChI is InChI=1S/C15H24N2/c1-3-13-6-8-17(9-7-13)15-5-4-14(11-16)10-12(15)2/h4-5,10,13H,3,6-9,11,16H2,1-2H3. The van der Waals surface area contributed by atoms with E-state index in [0.29, 0.717) is 6.54 Å². The number of hydrogen-bond donors (Lipinski definition) is 1. The quantitative estimate of drug-likeness (QED) is 0.867. The van der Waals surface area contributed by atoms with Crippen LogP contribution in [0.15, 0.2) is 18.2 Å². The minimum atomic E-state index is 0.638. The number of benzene rings is 1. The van der Waals surface area contributed by atoms with Gasteiger partial charge in [0.2, 0.25) is 0 Å². The minimum Gasteiger partial charge on any atom is -0.371 e. The van der Waals surface area contributed by atoms with E-state index in [-0.39, 0.29) is 0 Å². The van der Waals surface area contributed by atoms with E-state index in [1.54, 1.807) is 0 Å². The van der Waals surface area contributed by atoms with E-state index < -0.39 is 0 Å². The minimum absolute atomic E-state index is 0.638. The van der Waals surface area contributed by atoms with Gasteiger partial charge >= 0.3 is 0 Å². The number of hydrogen-bond acceptors (Lipinski definition) is 2. The third kappa shape index (κ3) is 2.81.